The van der Waals surface area contributed by atoms with E-state index in [0.717, 1.165) is 18.5 Å². The average Bonchev–Trinajstić information content (AvgIpc) is 2.23. The van der Waals surface area contributed by atoms with E-state index in [-0.39, 0.29) is 6.29 Å². The van der Waals surface area contributed by atoms with Gasteiger partial charge in [0.15, 0.2) is 6.29 Å². The van der Waals surface area contributed by atoms with Gasteiger partial charge in [0.1, 0.15) is 5.75 Å². The van der Waals surface area contributed by atoms with E-state index in [1.807, 2.05) is 32.1 Å². The summed E-state index contributed by atoms with van der Waals surface area (Å²) in [5.41, 5.74) is 1.10. The second-order valence-electron chi connectivity index (χ2n) is 3.16. The summed E-state index contributed by atoms with van der Waals surface area (Å²) in [6.45, 7) is 8.27. The van der Waals surface area contributed by atoms with E-state index in [1.54, 1.807) is 0 Å². The summed E-state index contributed by atoms with van der Waals surface area (Å²) in [6.07, 6.45) is 1.61. The van der Waals surface area contributed by atoms with Crippen LogP contribution < -0.4 is 4.74 Å². The second-order valence-corrected chi connectivity index (χ2v) is 5.48. The van der Waals surface area contributed by atoms with E-state index in [1.165, 1.54) is 0 Å². The van der Waals surface area contributed by atoms with Crippen molar-refractivity contribution >= 4 is 51.3 Å². The van der Waals surface area contributed by atoms with Gasteiger partial charge >= 0.3 is 0 Å². The van der Waals surface area contributed by atoms with E-state index in [4.69, 9.17) is 9.47 Å². The van der Waals surface area contributed by atoms with Gasteiger partial charge in [0, 0.05) is 6.61 Å². The molecule has 0 aliphatic heterocycles. The standard InChI is InChI=1S/C12H14I2O2/c1-4-9-6-10(13)12(11(14)7-9)16-8(3)15-5-2/h4,6-8H,1,5H2,2-3H3. The maximum absolute atomic E-state index is 5.74. The zero-order valence-corrected chi connectivity index (χ0v) is 13.6. The number of halogens is 2. The fraction of sp³-hybridized carbons (Fsp3) is 0.333. The van der Waals surface area contributed by atoms with Crippen LogP contribution in [0.4, 0.5) is 0 Å². The van der Waals surface area contributed by atoms with Crippen LogP contribution in [0.15, 0.2) is 18.7 Å². The molecule has 1 rings (SSSR count). The molecule has 0 aromatic heterocycles. The molecule has 0 bridgehead atoms. The van der Waals surface area contributed by atoms with Crippen LogP contribution in [0.5, 0.6) is 5.75 Å². The lowest BCUT2D eigenvalue weighted by Crippen LogP contribution is -2.17. The molecule has 1 aromatic carbocycles. The Morgan fingerprint density at radius 1 is 1.38 bits per heavy atom. The van der Waals surface area contributed by atoms with Gasteiger partial charge in [0.25, 0.3) is 0 Å². The molecule has 16 heavy (non-hydrogen) atoms. The Balaban J connectivity index is 2.92. The van der Waals surface area contributed by atoms with Gasteiger partial charge in [-0.15, -0.1) is 0 Å². The van der Waals surface area contributed by atoms with Crippen molar-refractivity contribution in [2.75, 3.05) is 6.61 Å². The molecule has 0 saturated carbocycles. The van der Waals surface area contributed by atoms with E-state index in [9.17, 15) is 0 Å². The summed E-state index contributed by atoms with van der Waals surface area (Å²) < 4.78 is 13.3. The lowest BCUT2D eigenvalue weighted by Gasteiger charge is -2.17. The smallest absolute Gasteiger partial charge is 0.197 e. The molecule has 0 spiro atoms. The lowest BCUT2D eigenvalue weighted by molar-refractivity contribution is -0.0622. The molecule has 88 valence electrons. The van der Waals surface area contributed by atoms with Crippen molar-refractivity contribution < 1.29 is 9.47 Å². The summed E-state index contributed by atoms with van der Waals surface area (Å²) in [4.78, 5) is 0. The van der Waals surface area contributed by atoms with Crippen LogP contribution in [0.25, 0.3) is 6.08 Å². The third kappa shape index (κ3) is 3.89. The number of hydrogen-bond acceptors (Lipinski definition) is 2. The molecule has 0 N–H and O–H groups in total. The predicted octanol–water partition coefficient (Wildman–Crippen LogP) is 4.30. The molecule has 0 aliphatic rings. The van der Waals surface area contributed by atoms with E-state index in [2.05, 4.69) is 51.8 Å². The monoisotopic (exact) mass is 444 g/mol. The summed E-state index contributed by atoms with van der Waals surface area (Å²) in [7, 11) is 0. The largest absolute Gasteiger partial charge is 0.463 e. The Kier molecular flexibility index (Phi) is 6.06. The molecule has 0 heterocycles. The quantitative estimate of drug-likeness (QED) is 0.499. The molecule has 0 aliphatic carbocycles. The summed E-state index contributed by atoms with van der Waals surface area (Å²) in [5.74, 6) is 0.882. The highest BCUT2D eigenvalue weighted by Gasteiger charge is 2.11. The van der Waals surface area contributed by atoms with Gasteiger partial charge < -0.3 is 9.47 Å². The summed E-state index contributed by atoms with van der Waals surface area (Å²) >= 11 is 4.53. The fourth-order valence-corrected chi connectivity index (χ4v) is 3.32. The molecule has 2 nitrogen and oxygen atoms in total. The van der Waals surface area contributed by atoms with Gasteiger partial charge in [-0.2, -0.15) is 0 Å². The van der Waals surface area contributed by atoms with Crippen LogP contribution >= 0.6 is 45.2 Å². The van der Waals surface area contributed by atoms with Gasteiger partial charge in [-0.25, -0.2) is 0 Å². The van der Waals surface area contributed by atoms with Gasteiger partial charge in [-0.05, 0) is 76.7 Å². The predicted molar refractivity (Wildman–Crippen MR) is 83.7 cm³/mol. The van der Waals surface area contributed by atoms with Crippen LogP contribution in [0.1, 0.15) is 19.4 Å². The summed E-state index contributed by atoms with van der Waals surface area (Å²) in [5, 5.41) is 0. The minimum atomic E-state index is -0.221. The highest BCUT2D eigenvalue weighted by Crippen LogP contribution is 2.30. The van der Waals surface area contributed by atoms with Crippen molar-refractivity contribution in [3.63, 3.8) is 0 Å². The van der Waals surface area contributed by atoms with Gasteiger partial charge in [-0.1, -0.05) is 12.7 Å². The lowest BCUT2D eigenvalue weighted by atomic mass is 10.2. The Morgan fingerprint density at radius 2 is 1.94 bits per heavy atom. The highest BCUT2D eigenvalue weighted by molar-refractivity contribution is 14.1. The first-order chi connectivity index (χ1) is 7.58. The minimum Gasteiger partial charge on any atom is -0.463 e. The molecule has 1 unspecified atom stereocenters. The van der Waals surface area contributed by atoms with Crippen LogP contribution in [0.3, 0.4) is 0 Å². The Hall–Kier alpha value is 0.180. The molecule has 1 aromatic rings. The number of rotatable bonds is 5. The molecular formula is C12H14I2O2. The molecule has 0 saturated heterocycles. The molecule has 1 atom stereocenters. The zero-order valence-electron chi connectivity index (χ0n) is 9.30. The average molecular weight is 444 g/mol. The van der Waals surface area contributed by atoms with Crippen LogP contribution in [-0.4, -0.2) is 12.9 Å². The first kappa shape index (κ1) is 14.2. The van der Waals surface area contributed by atoms with Gasteiger partial charge in [0.2, 0.25) is 0 Å². The van der Waals surface area contributed by atoms with Crippen LogP contribution in [0.2, 0.25) is 0 Å². The SMILES string of the molecule is C=Cc1cc(I)c(OC(C)OCC)c(I)c1. The summed E-state index contributed by atoms with van der Waals surface area (Å²) in [6, 6.07) is 4.09. The number of hydrogen-bond donors (Lipinski definition) is 0. The topological polar surface area (TPSA) is 18.5 Å². The molecule has 0 fully saturated rings. The minimum absolute atomic E-state index is 0.221. The normalized spacial score (nSPS) is 12.2. The van der Waals surface area contributed by atoms with E-state index in [0.29, 0.717) is 6.61 Å². The Morgan fingerprint density at radius 3 is 2.38 bits per heavy atom. The molecular weight excluding hydrogens is 430 g/mol. The molecule has 0 radical (unpaired) electrons. The van der Waals surface area contributed by atoms with E-state index >= 15 is 0 Å². The van der Waals surface area contributed by atoms with E-state index < -0.39 is 0 Å². The maximum atomic E-state index is 5.74. The van der Waals surface area contributed by atoms with Crippen molar-refractivity contribution in [3.8, 4) is 5.75 Å². The third-order valence-electron chi connectivity index (χ3n) is 1.94. The van der Waals surface area contributed by atoms with Crippen molar-refractivity contribution in [2.45, 2.75) is 20.1 Å². The highest BCUT2D eigenvalue weighted by atomic mass is 127. The van der Waals surface area contributed by atoms with Gasteiger partial charge in [0.05, 0.1) is 7.14 Å². The van der Waals surface area contributed by atoms with Crippen molar-refractivity contribution in [1.82, 2.24) is 0 Å². The maximum Gasteiger partial charge on any atom is 0.197 e. The Bertz CT molecular complexity index is 354. The molecule has 0 amide bonds. The number of benzene rings is 1. The van der Waals surface area contributed by atoms with Crippen LogP contribution in [-0.2, 0) is 4.74 Å². The molecule has 4 heteroatoms. The fourth-order valence-electron chi connectivity index (χ4n) is 1.24. The first-order valence-corrected chi connectivity index (χ1v) is 7.14. The van der Waals surface area contributed by atoms with Crippen LogP contribution in [0, 0.1) is 7.14 Å². The van der Waals surface area contributed by atoms with Gasteiger partial charge in [-0.3, -0.25) is 0 Å². The van der Waals surface area contributed by atoms with Crippen molar-refractivity contribution in [2.24, 2.45) is 0 Å². The Labute approximate surface area is 124 Å². The first-order valence-electron chi connectivity index (χ1n) is 4.98. The third-order valence-corrected chi connectivity index (χ3v) is 3.54. The second kappa shape index (κ2) is 6.80. The number of ether oxygens (including phenoxy) is 2. The zero-order chi connectivity index (χ0) is 12.1. The van der Waals surface area contributed by atoms with Crippen molar-refractivity contribution in [1.29, 1.82) is 0 Å². The van der Waals surface area contributed by atoms with Crippen molar-refractivity contribution in [3.05, 3.63) is 31.4 Å².